The molecular formula is C18H27BFNO6. The third kappa shape index (κ3) is 8.88. The second-order valence-corrected chi connectivity index (χ2v) is 7.10. The van der Waals surface area contributed by atoms with E-state index in [-0.39, 0.29) is 24.9 Å². The summed E-state index contributed by atoms with van der Waals surface area (Å²) in [6, 6.07) is 3.31. The number of carbonyl (C=O) groups is 2. The van der Waals surface area contributed by atoms with Gasteiger partial charge < -0.3 is 24.8 Å². The van der Waals surface area contributed by atoms with E-state index < -0.39 is 36.6 Å². The average Bonchev–Trinajstić information content (AvgIpc) is 2.52. The number of amides is 1. The Hall–Kier alpha value is -2.13. The van der Waals surface area contributed by atoms with Crippen molar-refractivity contribution in [2.75, 3.05) is 6.61 Å². The molecular weight excluding hydrogens is 356 g/mol. The molecule has 0 aliphatic carbocycles. The fourth-order valence-electron chi connectivity index (χ4n) is 2.31. The maximum absolute atomic E-state index is 14.4. The van der Waals surface area contributed by atoms with Gasteiger partial charge in [0.1, 0.15) is 17.5 Å². The molecule has 0 saturated heterocycles. The minimum atomic E-state index is -1.46. The quantitative estimate of drug-likeness (QED) is 0.467. The fraction of sp³-hybridized carbons (Fsp3) is 0.556. The number of alkyl carbamates (subject to hydrolysis) is 1. The molecule has 1 unspecified atom stereocenters. The van der Waals surface area contributed by atoms with E-state index in [1.54, 1.807) is 33.8 Å². The van der Waals surface area contributed by atoms with Gasteiger partial charge in [-0.15, -0.1) is 0 Å². The summed E-state index contributed by atoms with van der Waals surface area (Å²) in [6.45, 7) is 6.82. The van der Waals surface area contributed by atoms with Crippen LogP contribution in [-0.4, -0.2) is 47.5 Å². The summed E-state index contributed by atoms with van der Waals surface area (Å²) in [5.41, 5.74) is 0.0718. The highest BCUT2D eigenvalue weighted by atomic mass is 19.1. The molecule has 1 aromatic rings. The van der Waals surface area contributed by atoms with Crippen molar-refractivity contribution in [3.05, 3.63) is 35.1 Å². The van der Waals surface area contributed by atoms with Crippen molar-refractivity contribution in [1.82, 2.24) is 5.32 Å². The Morgan fingerprint density at radius 2 is 1.96 bits per heavy atom. The van der Waals surface area contributed by atoms with Gasteiger partial charge in [-0.3, -0.25) is 0 Å². The lowest BCUT2D eigenvalue weighted by Gasteiger charge is -2.23. The molecule has 1 aromatic carbocycles. The first-order valence-electron chi connectivity index (χ1n) is 8.81. The summed E-state index contributed by atoms with van der Waals surface area (Å²) in [4.78, 5) is 24.1. The summed E-state index contributed by atoms with van der Waals surface area (Å²) in [6.07, 6.45) is -0.515. The number of nitrogens with one attached hydrogen (secondary N) is 1. The summed E-state index contributed by atoms with van der Waals surface area (Å²) in [5.74, 6) is -1.24. The normalized spacial score (nSPS) is 12.3. The number of hydrogen-bond donors (Lipinski definition) is 3. The van der Waals surface area contributed by atoms with Crippen LogP contribution in [0.3, 0.4) is 0 Å². The molecule has 0 heterocycles. The number of carbonyl (C=O) groups excluding carboxylic acids is 2. The van der Waals surface area contributed by atoms with E-state index in [0.717, 1.165) is 0 Å². The number of benzene rings is 1. The van der Waals surface area contributed by atoms with Gasteiger partial charge in [0, 0.05) is 6.42 Å². The second kappa shape index (κ2) is 10.3. The van der Waals surface area contributed by atoms with E-state index in [9.17, 15) is 14.0 Å². The van der Waals surface area contributed by atoms with Crippen LogP contribution in [0.25, 0.3) is 0 Å². The van der Waals surface area contributed by atoms with Crippen molar-refractivity contribution in [2.24, 2.45) is 0 Å². The monoisotopic (exact) mass is 383 g/mol. The van der Waals surface area contributed by atoms with Crippen molar-refractivity contribution < 1.29 is 33.5 Å². The van der Waals surface area contributed by atoms with Crippen LogP contribution < -0.4 is 5.32 Å². The SMILES string of the molecule is CCOC(=O)C(Cc1ccc(CCB(O)O)cc1F)NC(=O)OC(C)(C)C. The molecule has 0 fully saturated rings. The Kier molecular flexibility index (Phi) is 8.72. The van der Waals surface area contributed by atoms with Gasteiger partial charge in [0.25, 0.3) is 0 Å². The van der Waals surface area contributed by atoms with Crippen LogP contribution in [0.5, 0.6) is 0 Å². The van der Waals surface area contributed by atoms with Crippen LogP contribution in [0.1, 0.15) is 38.8 Å². The van der Waals surface area contributed by atoms with E-state index in [2.05, 4.69) is 5.32 Å². The van der Waals surface area contributed by atoms with Gasteiger partial charge in [0.05, 0.1) is 6.61 Å². The molecule has 150 valence electrons. The number of ether oxygens (including phenoxy) is 2. The Morgan fingerprint density at radius 3 is 2.48 bits per heavy atom. The molecule has 0 bridgehead atoms. The topological polar surface area (TPSA) is 105 Å². The number of esters is 1. The Bertz CT molecular complexity index is 647. The van der Waals surface area contributed by atoms with Crippen molar-refractivity contribution in [3.8, 4) is 0 Å². The van der Waals surface area contributed by atoms with E-state index in [0.29, 0.717) is 12.0 Å². The summed E-state index contributed by atoms with van der Waals surface area (Å²) < 4.78 is 24.5. The Morgan fingerprint density at radius 1 is 1.30 bits per heavy atom. The van der Waals surface area contributed by atoms with Crippen molar-refractivity contribution in [2.45, 2.75) is 58.5 Å². The zero-order chi connectivity index (χ0) is 20.6. The van der Waals surface area contributed by atoms with Crippen LogP contribution in [0.15, 0.2) is 18.2 Å². The predicted octanol–water partition coefficient (Wildman–Crippen LogP) is 1.84. The predicted molar refractivity (Wildman–Crippen MR) is 98.6 cm³/mol. The van der Waals surface area contributed by atoms with Gasteiger partial charge in [-0.1, -0.05) is 12.1 Å². The molecule has 3 N–H and O–H groups in total. The molecule has 0 radical (unpaired) electrons. The highest BCUT2D eigenvalue weighted by Crippen LogP contribution is 2.16. The zero-order valence-corrected chi connectivity index (χ0v) is 16.1. The second-order valence-electron chi connectivity index (χ2n) is 7.10. The van der Waals surface area contributed by atoms with Crippen LogP contribution >= 0.6 is 0 Å². The lowest BCUT2D eigenvalue weighted by atomic mass is 9.82. The number of halogens is 1. The molecule has 7 nitrogen and oxygen atoms in total. The molecule has 0 aromatic heterocycles. The van der Waals surface area contributed by atoms with E-state index >= 15 is 0 Å². The number of rotatable bonds is 8. The first kappa shape index (κ1) is 22.9. The molecule has 0 saturated carbocycles. The van der Waals surface area contributed by atoms with Gasteiger partial charge in [0.15, 0.2) is 0 Å². The summed E-state index contributed by atoms with van der Waals surface area (Å²) in [7, 11) is -1.46. The van der Waals surface area contributed by atoms with Gasteiger partial charge in [-0.25, -0.2) is 14.0 Å². The summed E-state index contributed by atoms with van der Waals surface area (Å²) >= 11 is 0. The Balaban J connectivity index is 2.88. The Labute approximate surface area is 159 Å². The average molecular weight is 383 g/mol. The lowest BCUT2D eigenvalue weighted by Crippen LogP contribution is -2.45. The van der Waals surface area contributed by atoms with Crippen LogP contribution in [0, 0.1) is 5.82 Å². The van der Waals surface area contributed by atoms with Gasteiger partial charge >= 0.3 is 19.2 Å². The standard InChI is InChI=1S/C18H27BFNO6/c1-5-26-16(22)15(21-17(23)27-18(2,3)4)11-13-7-6-12(10-14(13)20)8-9-19(24)25/h6-7,10,15,24-25H,5,8-9,11H2,1-4H3,(H,21,23). The first-order valence-corrected chi connectivity index (χ1v) is 8.81. The minimum Gasteiger partial charge on any atom is -0.464 e. The highest BCUT2D eigenvalue weighted by Gasteiger charge is 2.26. The van der Waals surface area contributed by atoms with E-state index in [4.69, 9.17) is 19.5 Å². The first-order chi connectivity index (χ1) is 12.5. The lowest BCUT2D eigenvalue weighted by molar-refractivity contribution is -0.145. The molecule has 1 atom stereocenters. The van der Waals surface area contributed by atoms with Crippen molar-refractivity contribution in [1.29, 1.82) is 0 Å². The smallest absolute Gasteiger partial charge is 0.451 e. The number of aryl methyl sites for hydroxylation is 1. The highest BCUT2D eigenvalue weighted by molar-refractivity contribution is 6.40. The van der Waals surface area contributed by atoms with E-state index in [1.807, 2.05) is 0 Å². The molecule has 0 spiro atoms. The number of hydrogen-bond acceptors (Lipinski definition) is 6. The van der Waals surface area contributed by atoms with E-state index in [1.165, 1.54) is 12.1 Å². The molecule has 0 aliphatic rings. The molecule has 1 rings (SSSR count). The summed E-state index contributed by atoms with van der Waals surface area (Å²) in [5, 5.41) is 20.2. The third-order valence-electron chi connectivity index (χ3n) is 3.49. The maximum Gasteiger partial charge on any atom is 0.451 e. The molecule has 27 heavy (non-hydrogen) atoms. The van der Waals surface area contributed by atoms with Crippen LogP contribution in [-0.2, 0) is 27.1 Å². The van der Waals surface area contributed by atoms with Gasteiger partial charge in [-0.2, -0.15) is 0 Å². The van der Waals surface area contributed by atoms with Crippen LogP contribution in [0.4, 0.5) is 9.18 Å². The largest absolute Gasteiger partial charge is 0.464 e. The zero-order valence-electron chi connectivity index (χ0n) is 16.1. The molecule has 9 heteroatoms. The van der Waals surface area contributed by atoms with Crippen molar-refractivity contribution in [3.63, 3.8) is 0 Å². The third-order valence-corrected chi connectivity index (χ3v) is 3.49. The van der Waals surface area contributed by atoms with Gasteiger partial charge in [0.2, 0.25) is 0 Å². The minimum absolute atomic E-state index is 0.0877. The van der Waals surface area contributed by atoms with Crippen molar-refractivity contribution >= 4 is 19.2 Å². The fourth-order valence-corrected chi connectivity index (χ4v) is 2.31. The molecule has 0 aliphatic heterocycles. The van der Waals surface area contributed by atoms with Gasteiger partial charge in [-0.05, 0) is 57.6 Å². The maximum atomic E-state index is 14.4. The molecule has 1 amide bonds. The van der Waals surface area contributed by atoms with Crippen LogP contribution in [0.2, 0.25) is 6.32 Å².